The number of aryl methyl sites for hydroxylation is 1. The molecule has 0 saturated carbocycles. The first kappa shape index (κ1) is 14.2. The van der Waals surface area contributed by atoms with E-state index in [9.17, 15) is 9.90 Å². The molecule has 0 saturated heterocycles. The van der Waals surface area contributed by atoms with Crippen molar-refractivity contribution in [3.63, 3.8) is 0 Å². The summed E-state index contributed by atoms with van der Waals surface area (Å²) >= 11 is 6.11. The zero-order valence-electron chi connectivity index (χ0n) is 11.0. The standard InChI is InChI=1S/C14H18ClNO3/c1-8(2)16-14(18)19-11-7-6-9-4-3-5-10(15)12(9)13(11)17/h3-5,8,11,13,17H,6-7H2,1-2H3,(H,16,18)/t11-,13-/m1/s1. The van der Waals surface area contributed by atoms with Gasteiger partial charge in [-0.2, -0.15) is 0 Å². The van der Waals surface area contributed by atoms with Crippen LogP contribution in [0.2, 0.25) is 5.02 Å². The number of ether oxygens (including phenoxy) is 1. The van der Waals surface area contributed by atoms with Gasteiger partial charge in [-0.3, -0.25) is 0 Å². The Bertz CT molecular complexity index is 476. The van der Waals surface area contributed by atoms with E-state index in [-0.39, 0.29) is 6.04 Å². The maximum atomic E-state index is 11.6. The molecule has 5 heteroatoms. The molecule has 19 heavy (non-hydrogen) atoms. The van der Waals surface area contributed by atoms with E-state index in [1.807, 2.05) is 26.0 Å². The van der Waals surface area contributed by atoms with Gasteiger partial charge in [0.25, 0.3) is 0 Å². The lowest BCUT2D eigenvalue weighted by Crippen LogP contribution is -2.37. The lowest BCUT2D eigenvalue weighted by Gasteiger charge is -2.30. The number of carbonyl (C=O) groups excluding carboxylic acids is 1. The number of hydrogen-bond acceptors (Lipinski definition) is 3. The van der Waals surface area contributed by atoms with E-state index in [4.69, 9.17) is 16.3 Å². The molecule has 2 N–H and O–H groups in total. The smallest absolute Gasteiger partial charge is 0.407 e. The summed E-state index contributed by atoms with van der Waals surface area (Å²) in [4.78, 5) is 11.6. The number of rotatable bonds is 2. The van der Waals surface area contributed by atoms with Crippen LogP contribution >= 0.6 is 11.6 Å². The van der Waals surface area contributed by atoms with E-state index < -0.39 is 18.3 Å². The van der Waals surface area contributed by atoms with Gasteiger partial charge in [-0.05, 0) is 38.3 Å². The van der Waals surface area contributed by atoms with Crippen molar-refractivity contribution in [3.8, 4) is 0 Å². The highest BCUT2D eigenvalue weighted by molar-refractivity contribution is 6.31. The van der Waals surface area contributed by atoms with Crippen molar-refractivity contribution >= 4 is 17.7 Å². The minimum absolute atomic E-state index is 0.00380. The summed E-state index contributed by atoms with van der Waals surface area (Å²) in [6.45, 7) is 3.70. The number of halogens is 1. The normalized spacial score (nSPS) is 21.9. The number of fused-ring (bicyclic) bond motifs is 1. The highest BCUT2D eigenvalue weighted by atomic mass is 35.5. The molecule has 2 atom stereocenters. The summed E-state index contributed by atoms with van der Waals surface area (Å²) < 4.78 is 5.27. The maximum Gasteiger partial charge on any atom is 0.407 e. The topological polar surface area (TPSA) is 58.6 Å². The molecule has 0 unspecified atom stereocenters. The van der Waals surface area contributed by atoms with Crippen LogP contribution in [-0.2, 0) is 11.2 Å². The molecule has 1 aromatic rings. The lowest BCUT2D eigenvalue weighted by molar-refractivity contribution is -0.00923. The summed E-state index contributed by atoms with van der Waals surface area (Å²) in [6, 6.07) is 5.54. The first-order chi connectivity index (χ1) is 8.99. The van der Waals surface area contributed by atoms with E-state index in [1.165, 1.54) is 0 Å². The zero-order valence-corrected chi connectivity index (χ0v) is 11.8. The van der Waals surface area contributed by atoms with Gasteiger partial charge in [0.15, 0.2) is 0 Å². The molecule has 0 aromatic heterocycles. The number of benzene rings is 1. The average molecular weight is 284 g/mol. The second-order valence-corrected chi connectivity index (χ2v) is 5.45. The number of amides is 1. The molecule has 1 aromatic carbocycles. The van der Waals surface area contributed by atoms with Crippen LogP contribution in [0.1, 0.15) is 37.5 Å². The van der Waals surface area contributed by atoms with Gasteiger partial charge in [-0.25, -0.2) is 4.79 Å². The Balaban J connectivity index is 2.11. The predicted octanol–water partition coefficient (Wildman–Crippen LogP) is 2.82. The Morgan fingerprint density at radius 1 is 1.53 bits per heavy atom. The van der Waals surface area contributed by atoms with E-state index in [0.29, 0.717) is 17.0 Å². The fraction of sp³-hybridized carbons (Fsp3) is 0.500. The molecule has 0 spiro atoms. The number of aliphatic hydroxyl groups is 1. The van der Waals surface area contributed by atoms with Crippen LogP contribution in [0.25, 0.3) is 0 Å². The van der Waals surface area contributed by atoms with Crippen molar-refractivity contribution in [3.05, 3.63) is 34.3 Å². The van der Waals surface area contributed by atoms with Gasteiger partial charge in [0, 0.05) is 16.6 Å². The number of aliphatic hydroxyl groups excluding tert-OH is 1. The third-order valence-electron chi connectivity index (χ3n) is 3.15. The molecular formula is C14H18ClNO3. The van der Waals surface area contributed by atoms with Gasteiger partial charge >= 0.3 is 6.09 Å². The van der Waals surface area contributed by atoms with Gasteiger partial charge < -0.3 is 15.2 Å². The van der Waals surface area contributed by atoms with Gasteiger partial charge in [0.05, 0.1) is 0 Å². The summed E-state index contributed by atoms with van der Waals surface area (Å²) in [5.74, 6) is 0. The fourth-order valence-electron chi connectivity index (χ4n) is 2.30. The number of alkyl carbamates (subject to hydrolysis) is 1. The van der Waals surface area contributed by atoms with Crippen LogP contribution in [0, 0.1) is 0 Å². The monoisotopic (exact) mass is 283 g/mol. The van der Waals surface area contributed by atoms with Gasteiger partial charge in [0.1, 0.15) is 12.2 Å². The molecular weight excluding hydrogens is 266 g/mol. The van der Waals surface area contributed by atoms with E-state index in [0.717, 1.165) is 12.0 Å². The Labute approximate surface area is 117 Å². The van der Waals surface area contributed by atoms with Crippen molar-refractivity contribution in [1.82, 2.24) is 5.32 Å². The summed E-state index contributed by atoms with van der Waals surface area (Å²) in [7, 11) is 0. The second-order valence-electron chi connectivity index (χ2n) is 5.04. The van der Waals surface area contributed by atoms with Gasteiger partial charge in [-0.15, -0.1) is 0 Å². The molecule has 1 aliphatic rings. The molecule has 0 fully saturated rings. The molecule has 1 aliphatic carbocycles. The van der Waals surface area contributed by atoms with E-state index in [1.54, 1.807) is 6.07 Å². The second kappa shape index (κ2) is 5.80. The Morgan fingerprint density at radius 2 is 2.26 bits per heavy atom. The van der Waals surface area contributed by atoms with Gasteiger partial charge in [0.2, 0.25) is 0 Å². The predicted molar refractivity (Wildman–Crippen MR) is 73.3 cm³/mol. The minimum atomic E-state index is -0.865. The first-order valence-electron chi connectivity index (χ1n) is 6.41. The molecule has 0 bridgehead atoms. The van der Waals surface area contributed by atoms with Gasteiger partial charge in [-0.1, -0.05) is 23.7 Å². The molecule has 1 amide bonds. The van der Waals surface area contributed by atoms with Crippen molar-refractivity contribution < 1.29 is 14.6 Å². The van der Waals surface area contributed by atoms with E-state index in [2.05, 4.69) is 5.32 Å². The van der Waals surface area contributed by atoms with Crippen LogP contribution < -0.4 is 5.32 Å². The third-order valence-corrected chi connectivity index (χ3v) is 3.48. The lowest BCUT2D eigenvalue weighted by atomic mass is 9.87. The highest BCUT2D eigenvalue weighted by Gasteiger charge is 2.32. The molecule has 2 rings (SSSR count). The quantitative estimate of drug-likeness (QED) is 0.877. The SMILES string of the molecule is CC(C)NC(=O)O[C@@H]1CCc2cccc(Cl)c2[C@@H]1O. The first-order valence-corrected chi connectivity index (χ1v) is 6.79. The summed E-state index contributed by atoms with van der Waals surface area (Å²) in [6.07, 6.45) is -0.580. The largest absolute Gasteiger partial charge is 0.443 e. The summed E-state index contributed by atoms with van der Waals surface area (Å²) in [5, 5.41) is 13.5. The van der Waals surface area contributed by atoms with Crippen molar-refractivity contribution in [2.45, 2.75) is 44.9 Å². The van der Waals surface area contributed by atoms with E-state index >= 15 is 0 Å². The van der Waals surface area contributed by atoms with Crippen LogP contribution in [0.5, 0.6) is 0 Å². The molecule has 0 radical (unpaired) electrons. The van der Waals surface area contributed by atoms with Crippen molar-refractivity contribution in [2.75, 3.05) is 0 Å². The molecule has 0 heterocycles. The van der Waals surface area contributed by atoms with Crippen LogP contribution in [0.15, 0.2) is 18.2 Å². The van der Waals surface area contributed by atoms with Crippen molar-refractivity contribution in [2.24, 2.45) is 0 Å². The summed E-state index contributed by atoms with van der Waals surface area (Å²) in [5.41, 5.74) is 1.70. The van der Waals surface area contributed by atoms with Crippen LogP contribution in [0.4, 0.5) is 4.79 Å². The third kappa shape index (κ3) is 3.19. The van der Waals surface area contributed by atoms with Crippen LogP contribution in [0.3, 0.4) is 0 Å². The van der Waals surface area contributed by atoms with Crippen molar-refractivity contribution in [1.29, 1.82) is 0 Å². The molecule has 0 aliphatic heterocycles. The minimum Gasteiger partial charge on any atom is -0.443 e. The Morgan fingerprint density at radius 3 is 2.95 bits per heavy atom. The Kier molecular flexibility index (Phi) is 4.32. The average Bonchev–Trinajstić information content (AvgIpc) is 2.32. The zero-order chi connectivity index (χ0) is 14.0. The number of nitrogens with one attached hydrogen (secondary N) is 1. The Hall–Kier alpha value is -1.26. The number of hydrogen-bond donors (Lipinski definition) is 2. The molecule has 4 nitrogen and oxygen atoms in total. The molecule has 104 valence electrons. The highest BCUT2D eigenvalue weighted by Crippen LogP contribution is 2.36. The maximum absolute atomic E-state index is 11.6. The fourth-order valence-corrected chi connectivity index (χ4v) is 2.61. The van der Waals surface area contributed by atoms with Crippen LogP contribution in [-0.4, -0.2) is 23.3 Å². The number of carbonyl (C=O) groups is 1.